The van der Waals surface area contributed by atoms with E-state index >= 15 is 8.78 Å². The van der Waals surface area contributed by atoms with Crippen LogP contribution in [0.2, 0.25) is 0 Å². The molecule has 49 heavy (non-hydrogen) atoms. The number of aromatic amines is 2. The minimum atomic E-state index is -0.894. The highest BCUT2D eigenvalue weighted by Gasteiger charge is 2.38. The van der Waals surface area contributed by atoms with Gasteiger partial charge in [0.25, 0.3) is 0 Å². The minimum absolute atomic E-state index is 0.0562. The van der Waals surface area contributed by atoms with E-state index in [1.807, 2.05) is 29.2 Å². The molecule has 256 valence electrons. The molecule has 8 nitrogen and oxygen atoms in total. The number of H-pyrrole nitrogens is 2. The molecule has 4 aliphatic rings. The van der Waals surface area contributed by atoms with Crippen molar-refractivity contribution < 1.29 is 17.6 Å². The van der Waals surface area contributed by atoms with E-state index in [-0.39, 0.29) is 29.9 Å². The maximum absolute atomic E-state index is 16.0. The van der Waals surface area contributed by atoms with Crippen molar-refractivity contribution in [2.75, 3.05) is 36.0 Å². The van der Waals surface area contributed by atoms with Crippen molar-refractivity contribution in [2.45, 2.75) is 81.5 Å². The zero-order valence-electron chi connectivity index (χ0n) is 27.2. The molecule has 0 radical (unpaired) electrons. The van der Waals surface area contributed by atoms with Crippen LogP contribution in [0.15, 0.2) is 48.5 Å². The Bertz CT molecular complexity index is 1870. The monoisotopic (exact) mass is 672 g/mol. The van der Waals surface area contributed by atoms with E-state index in [0.29, 0.717) is 56.4 Å². The molecule has 0 saturated carbocycles. The average Bonchev–Trinajstić information content (AvgIpc) is 3.93. The summed E-state index contributed by atoms with van der Waals surface area (Å²) in [4.78, 5) is 20.3. The topological polar surface area (TPSA) is 87.9 Å². The zero-order valence-corrected chi connectivity index (χ0v) is 27.2. The largest absolute Gasteiger partial charge is 0.367 e. The highest BCUT2D eigenvalue weighted by atomic mass is 19.1. The molecule has 0 amide bonds. The summed E-state index contributed by atoms with van der Waals surface area (Å²) in [6.45, 7) is 1.92. The molecule has 0 unspecified atom stereocenters. The molecular weight excluding hydrogens is 632 g/mol. The number of fused-ring (bicyclic) bond motifs is 2. The number of alkyl halides is 2. The molecule has 12 heteroatoms. The number of hydrogen-bond acceptors (Lipinski definition) is 6. The van der Waals surface area contributed by atoms with Crippen LogP contribution in [-0.4, -0.2) is 58.5 Å². The van der Waals surface area contributed by atoms with Gasteiger partial charge in [0.05, 0.1) is 46.2 Å². The maximum atomic E-state index is 16.0. The number of anilines is 2. The number of nitrogens with one attached hydrogen (secondary N) is 4. The van der Waals surface area contributed by atoms with Crippen molar-refractivity contribution in [3.8, 4) is 0 Å². The van der Waals surface area contributed by atoms with Gasteiger partial charge in [0.2, 0.25) is 0 Å². The Morgan fingerprint density at radius 2 is 1.16 bits per heavy atom. The first-order valence-corrected chi connectivity index (χ1v) is 17.6. The number of imidazole rings is 2. The van der Waals surface area contributed by atoms with Gasteiger partial charge in [-0.1, -0.05) is 12.1 Å². The first-order valence-electron chi connectivity index (χ1n) is 17.6. The molecule has 2 aromatic heterocycles. The van der Waals surface area contributed by atoms with Crippen LogP contribution in [0.3, 0.4) is 0 Å². The van der Waals surface area contributed by atoms with Crippen LogP contribution in [0, 0.1) is 11.6 Å². The quantitative estimate of drug-likeness (QED) is 0.140. The molecule has 3 aromatic carbocycles. The van der Waals surface area contributed by atoms with Crippen LogP contribution >= 0.6 is 0 Å². The van der Waals surface area contributed by atoms with Crippen LogP contribution in [0.5, 0.6) is 0 Å². The van der Waals surface area contributed by atoms with Gasteiger partial charge in [-0.05, 0) is 79.6 Å². The number of rotatable bonds is 6. The summed E-state index contributed by atoms with van der Waals surface area (Å²) in [5.74, 6) is 0.337. The summed E-state index contributed by atoms with van der Waals surface area (Å²) in [6, 6.07) is 14.5. The number of aromatic nitrogens is 4. The highest BCUT2D eigenvalue weighted by Crippen LogP contribution is 2.49. The van der Waals surface area contributed by atoms with Crippen molar-refractivity contribution >= 4 is 33.4 Å². The van der Waals surface area contributed by atoms with Crippen molar-refractivity contribution in [1.82, 2.24) is 30.6 Å². The lowest BCUT2D eigenvalue weighted by Gasteiger charge is -2.35. The summed E-state index contributed by atoms with van der Waals surface area (Å²) >= 11 is 0. The molecule has 9 rings (SSSR count). The predicted molar refractivity (Wildman–Crippen MR) is 182 cm³/mol. The van der Waals surface area contributed by atoms with E-state index in [1.54, 1.807) is 0 Å². The average molecular weight is 673 g/mol. The zero-order chi connectivity index (χ0) is 33.2. The van der Waals surface area contributed by atoms with E-state index < -0.39 is 24.0 Å². The van der Waals surface area contributed by atoms with Crippen molar-refractivity contribution in [3.05, 3.63) is 82.9 Å². The van der Waals surface area contributed by atoms with Crippen LogP contribution in [0.4, 0.5) is 28.9 Å². The Balaban J connectivity index is 1.09. The molecule has 4 aliphatic heterocycles. The lowest BCUT2D eigenvalue weighted by Crippen LogP contribution is -2.31. The molecule has 6 atom stereocenters. The molecule has 4 saturated heterocycles. The number of hydrogen-bond donors (Lipinski definition) is 4. The second kappa shape index (κ2) is 12.3. The van der Waals surface area contributed by atoms with E-state index in [2.05, 4.69) is 37.6 Å². The number of piperidine rings is 1. The first-order chi connectivity index (χ1) is 23.9. The van der Waals surface area contributed by atoms with Crippen LogP contribution in [-0.2, 0) is 0 Å². The lowest BCUT2D eigenvalue weighted by atomic mass is 10.0. The van der Waals surface area contributed by atoms with E-state index in [1.165, 1.54) is 12.1 Å². The summed E-state index contributed by atoms with van der Waals surface area (Å²) in [5.41, 5.74) is 5.85. The van der Waals surface area contributed by atoms with Gasteiger partial charge in [0.1, 0.15) is 29.7 Å². The molecule has 5 aromatic rings. The predicted octanol–water partition coefficient (Wildman–Crippen LogP) is 7.54. The van der Waals surface area contributed by atoms with Crippen molar-refractivity contribution in [2.24, 2.45) is 0 Å². The Morgan fingerprint density at radius 3 is 1.63 bits per heavy atom. The van der Waals surface area contributed by atoms with Crippen molar-refractivity contribution in [1.29, 1.82) is 0 Å². The second-order valence-electron chi connectivity index (χ2n) is 14.2. The van der Waals surface area contributed by atoms with Gasteiger partial charge < -0.3 is 30.4 Å². The number of benzene rings is 3. The third-order valence-corrected chi connectivity index (χ3v) is 11.0. The summed E-state index contributed by atoms with van der Waals surface area (Å²) in [6.07, 6.45) is 3.40. The van der Waals surface area contributed by atoms with Gasteiger partial charge in [0, 0.05) is 44.7 Å². The van der Waals surface area contributed by atoms with Gasteiger partial charge in [-0.3, -0.25) is 0 Å². The molecule has 0 spiro atoms. The van der Waals surface area contributed by atoms with Gasteiger partial charge >= 0.3 is 0 Å². The lowest BCUT2D eigenvalue weighted by molar-refractivity contribution is 0.354. The molecular formula is C37H40F4N8. The highest BCUT2D eigenvalue weighted by molar-refractivity contribution is 5.78. The smallest absolute Gasteiger partial charge is 0.151 e. The number of nitrogens with zero attached hydrogens (tertiary/aromatic N) is 4. The minimum Gasteiger partial charge on any atom is -0.367 e. The standard InChI is InChI=1S/C37H40F4N8/c38-22-14-31(42-18-22)36-44-27-6-4-20(12-29(27)46-36)33-8-9-34(21-5-7-28-30(13-21)47-37(45-28)32-15-23(39)19-43-32)49(33)24-16-25(40)35(26(41)17-24)48-10-2-1-3-11-48/h4-7,12-13,16-17,22-23,31-34,42-43H,1-3,8-11,14-15,18-19H2,(H,44,46)(H,45,47)/t22-,23-,31+,32+,33-,34+/m1/s1. The molecule has 6 heterocycles. The Labute approximate surface area is 281 Å². The van der Waals surface area contributed by atoms with Gasteiger partial charge in [-0.2, -0.15) is 0 Å². The van der Waals surface area contributed by atoms with Gasteiger partial charge in [-0.15, -0.1) is 0 Å². The first kappa shape index (κ1) is 30.9. The molecule has 0 aliphatic carbocycles. The molecule has 0 bridgehead atoms. The maximum Gasteiger partial charge on any atom is 0.151 e. The third-order valence-electron chi connectivity index (χ3n) is 11.0. The second-order valence-corrected chi connectivity index (χ2v) is 14.2. The number of halogens is 4. The van der Waals surface area contributed by atoms with Gasteiger partial charge in [0.15, 0.2) is 11.6 Å². The van der Waals surface area contributed by atoms with E-state index in [4.69, 9.17) is 9.97 Å². The summed E-state index contributed by atoms with van der Waals surface area (Å²) < 4.78 is 59.8. The van der Waals surface area contributed by atoms with Crippen LogP contribution < -0.4 is 20.4 Å². The Morgan fingerprint density at radius 1 is 0.653 bits per heavy atom. The third kappa shape index (κ3) is 5.62. The fourth-order valence-electron chi connectivity index (χ4n) is 8.59. The SMILES string of the molecule is Fc1cc(N2[C@@H](c3ccc4nc([C@@H]5C[C@@H](F)CN5)[nH]c4c3)CC[C@H]2c2ccc3nc([C@@H]4C[C@@H](F)CN4)[nH]c3c2)cc(F)c1N1CCCCC1. The van der Waals surface area contributed by atoms with Crippen molar-refractivity contribution in [3.63, 3.8) is 0 Å². The normalized spacial score (nSPS) is 27.7. The van der Waals surface area contributed by atoms with Crippen LogP contribution in [0.1, 0.15) is 91.9 Å². The Hall–Kier alpha value is -4.16. The Kier molecular flexibility index (Phi) is 7.76. The van der Waals surface area contributed by atoms with E-state index in [0.717, 1.165) is 65.3 Å². The molecule has 4 N–H and O–H groups in total. The molecule has 4 fully saturated rings. The fourth-order valence-corrected chi connectivity index (χ4v) is 8.59. The van der Waals surface area contributed by atoms with Gasteiger partial charge in [-0.25, -0.2) is 27.5 Å². The summed E-state index contributed by atoms with van der Waals surface area (Å²) in [7, 11) is 0. The fraction of sp³-hybridized carbons (Fsp3) is 0.459. The summed E-state index contributed by atoms with van der Waals surface area (Å²) in [5, 5.41) is 6.40. The van der Waals surface area contributed by atoms with Crippen LogP contribution in [0.25, 0.3) is 22.1 Å². The van der Waals surface area contributed by atoms with E-state index in [9.17, 15) is 8.78 Å².